The maximum absolute atomic E-state index is 12.6. The van der Waals surface area contributed by atoms with Crippen molar-refractivity contribution in [2.45, 2.75) is 38.1 Å². The normalized spacial score (nSPS) is 21.0. The SMILES string of the molecule is O=C(O)[C@@H]1CCCCN1C(=O)CN1C(=O)CCc2ccccc21. The molecule has 0 aromatic heterocycles. The maximum Gasteiger partial charge on any atom is 0.326 e. The summed E-state index contributed by atoms with van der Waals surface area (Å²) in [6, 6.07) is 6.78. The number of benzene rings is 1. The van der Waals surface area contributed by atoms with Crippen molar-refractivity contribution in [3.8, 4) is 0 Å². The van der Waals surface area contributed by atoms with Gasteiger partial charge >= 0.3 is 5.97 Å². The zero-order valence-corrected chi connectivity index (χ0v) is 12.9. The van der Waals surface area contributed by atoms with Crippen LogP contribution < -0.4 is 4.90 Å². The van der Waals surface area contributed by atoms with Crippen LogP contribution in [0.3, 0.4) is 0 Å². The summed E-state index contributed by atoms with van der Waals surface area (Å²) in [4.78, 5) is 39.1. The molecule has 0 radical (unpaired) electrons. The van der Waals surface area contributed by atoms with Crippen LogP contribution in [0.5, 0.6) is 0 Å². The Morgan fingerprint density at radius 2 is 1.96 bits per heavy atom. The quantitative estimate of drug-likeness (QED) is 0.915. The van der Waals surface area contributed by atoms with E-state index >= 15 is 0 Å². The molecular weight excluding hydrogens is 296 g/mol. The summed E-state index contributed by atoms with van der Waals surface area (Å²) in [6.07, 6.45) is 3.16. The molecule has 2 heterocycles. The van der Waals surface area contributed by atoms with Gasteiger partial charge in [0.25, 0.3) is 0 Å². The van der Waals surface area contributed by atoms with Crippen LogP contribution in [0.2, 0.25) is 0 Å². The van der Waals surface area contributed by atoms with Crippen molar-refractivity contribution in [2.75, 3.05) is 18.0 Å². The number of aliphatic carboxylic acids is 1. The van der Waals surface area contributed by atoms with Gasteiger partial charge in [-0.1, -0.05) is 18.2 Å². The molecule has 0 bridgehead atoms. The number of hydrogen-bond donors (Lipinski definition) is 1. The van der Waals surface area contributed by atoms with Gasteiger partial charge in [0.05, 0.1) is 0 Å². The molecule has 0 aliphatic carbocycles. The molecule has 1 fully saturated rings. The average Bonchev–Trinajstić information content (AvgIpc) is 2.57. The van der Waals surface area contributed by atoms with Crippen LogP contribution in [0.15, 0.2) is 24.3 Å². The summed E-state index contributed by atoms with van der Waals surface area (Å²) < 4.78 is 0. The number of rotatable bonds is 3. The fourth-order valence-corrected chi connectivity index (χ4v) is 3.38. The molecule has 6 heteroatoms. The Kier molecular flexibility index (Phi) is 4.32. The molecule has 2 amide bonds. The molecule has 23 heavy (non-hydrogen) atoms. The molecule has 2 aliphatic rings. The predicted octanol–water partition coefficient (Wildman–Crippen LogP) is 1.43. The highest BCUT2D eigenvalue weighted by Gasteiger charge is 2.34. The topological polar surface area (TPSA) is 77.9 Å². The Bertz CT molecular complexity index is 643. The number of anilines is 1. The summed E-state index contributed by atoms with van der Waals surface area (Å²) >= 11 is 0. The smallest absolute Gasteiger partial charge is 0.326 e. The van der Waals surface area contributed by atoms with Gasteiger partial charge in [0.15, 0.2) is 0 Å². The van der Waals surface area contributed by atoms with Crippen LogP contribution in [0.25, 0.3) is 0 Å². The molecule has 6 nitrogen and oxygen atoms in total. The Balaban J connectivity index is 1.79. The maximum atomic E-state index is 12.6. The van der Waals surface area contributed by atoms with Crippen LogP contribution in [0, 0.1) is 0 Å². The summed E-state index contributed by atoms with van der Waals surface area (Å²) in [5.74, 6) is -1.34. The Hall–Kier alpha value is -2.37. The zero-order valence-electron chi connectivity index (χ0n) is 12.9. The standard InChI is InChI=1S/C17H20N2O4/c20-15-9-8-12-5-1-2-6-13(12)19(15)11-16(21)18-10-4-3-7-14(18)17(22)23/h1-2,5-6,14H,3-4,7-11H2,(H,22,23)/t14-/m0/s1. The molecule has 2 aliphatic heterocycles. The van der Waals surface area contributed by atoms with E-state index < -0.39 is 12.0 Å². The fraction of sp³-hybridized carbons (Fsp3) is 0.471. The van der Waals surface area contributed by atoms with Crippen LogP contribution in [-0.4, -0.2) is 46.9 Å². The van der Waals surface area contributed by atoms with Gasteiger partial charge in [0.2, 0.25) is 11.8 Å². The minimum absolute atomic E-state index is 0.0825. The monoisotopic (exact) mass is 316 g/mol. The molecule has 1 atom stereocenters. The zero-order chi connectivity index (χ0) is 16.4. The first kappa shape index (κ1) is 15.5. The third-order valence-electron chi connectivity index (χ3n) is 4.59. The summed E-state index contributed by atoms with van der Waals surface area (Å²) in [7, 11) is 0. The molecule has 122 valence electrons. The third-order valence-corrected chi connectivity index (χ3v) is 4.59. The van der Waals surface area contributed by atoms with Crippen molar-refractivity contribution >= 4 is 23.5 Å². The highest BCUT2D eigenvalue weighted by molar-refractivity contribution is 6.01. The number of para-hydroxylation sites is 1. The second kappa shape index (κ2) is 6.40. The van der Waals surface area contributed by atoms with Gasteiger partial charge in [-0.15, -0.1) is 0 Å². The van der Waals surface area contributed by atoms with Crippen molar-refractivity contribution in [1.82, 2.24) is 4.90 Å². The van der Waals surface area contributed by atoms with E-state index in [0.29, 0.717) is 25.8 Å². The van der Waals surface area contributed by atoms with Crippen molar-refractivity contribution < 1.29 is 19.5 Å². The highest BCUT2D eigenvalue weighted by Crippen LogP contribution is 2.28. The summed E-state index contributed by atoms with van der Waals surface area (Å²) in [6.45, 7) is 0.360. The minimum Gasteiger partial charge on any atom is -0.480 e. The third kappa shape index (κ3) is 3.06. The molecule has 1 N–H and O–H groups in total. The predicted molar refractivity (Wildman–Crippen MR) is 84.1 cm³/mol. The first-order valence-corrected chi connectivity index (χ1v) is 7.98. The van der Waals surface area contributed by atoms with E-state index in [1.165, 1.54) is 9.80 Å². The average molecular weight is 316 g/mol. The van der Waals surface area contributed by atoms with E-state index in [4.69, 9.17) is 0 Å². The Morgan fingerprint density at radius 1 is 1.17 bits per heavy atom. The molecular formula is C17H20N2O4. The lowest BCUT2D eigenvalue weighted by Crippen LogP contribution is -2.52. The number of hydrogen-bond acceptors (Lipinski definition) is 3. The first-order chi connectivity index (χ1) is 11.1. The second-order valence-corrected chi connectivity index (χ2v) is 6.05. The number of piperidine rings is 1. The van der Waals surface area contributed by atoms with Crippen LogP contribution in [0.1, 0.15) is 31.2 Å². The number of carboxylic acids is 1. The van der Waals surface area contributed by atoms with Gasteiger partial charge in [-0.2, -0.15) is 0 Å². The number of likely N-dealkylation sites (tertiary alicyclic amines) is 1. The van der Waals surface area contributed by atoms with Crippen molar-refractivity contribution in [1.29, 1.82) is 0 Å². The number of carbonyl (C=O) groups is 3. The van der Waals surface area contributed by atoms with E-state index in [0.717, 1.165) is 24.1 Å². The van der Waals surface area contributed by atoms with Gasteiger partial charge in [0, 0.05) is 18.7 Å². The Morgan fingerprint density at radius 3 is 2.74 bits per heavy atom. The van der Waals surface area contributed by atoms with Crippen LogP contribution in [0.4, 0.5) is 5.69 Å². The minimum atomic E-state index is -0.969. The van der Waals surface area contributed by atoms with Crippen molar-refractivity contribution in [3.05, 3.63) is 29.8 Å². The van der Waals surface area contributed by atoms with Crippen molar-refractivity contribution in [2.24, 2.45) is 0 Å². The van der Waals surface area contributed by atoms with Crippen molar-refractivity contribution in [3.63, 3.8) is 0 Å². The number of fused-ring (bicyclic) bond motifs is 1. The van der Waals surface area contributed by atoms with E-state index in [1.807, 2.05) is 24.3 Å². The lowest BCUT2D eigenvalue weighted by Gasteiger charge is -2.36. The number of aryl methyl sites for hydroxylation is 1. The van der Waals surface area contributed by atoms with Gasteiger partial charge in [-0.3, -0.25) is 9.59 Å². The lowest BCUT2D eigenvalue weighted by atomic mass is 10.00. The summed E-state index contributed by atoms with van der Waals surface area (Å²) in [5, 5.41) is 9.30. The van der Waals surface area contributed by atoms with Gasteiger partial charge in [-0.25, -0.2) is 4.79 Å². The fourth-order valence-electron chi connectivity index (χ4n) is 3.38. The van der Waals surface area contributed by atoms with Crippen LogP contribution in [-0.2, 0) is 20.8 Å². The molecule has 1 aromatic rings. The second-order valence-electron chi connectivity index (χ2n) is 6.05. The largest absolute Gasteiger partial charge is 0.480 e. The molecule has 1 aromatic carbocycles. The van der Waals surface area contributed by atoms with Gasteiger partial charge < -0.3 is 14.9 Å². The molecule has 0 spiro atoms. The first-order valence-electron chi connectivity index (χ1n) is 7.98. The number of carbonyl (C=O) groups excluding carboxylic acids is 2. The highest BCUT2D eigenvalue weighted by atomic mass is 16.4. The van der Waals surface area contributed by atoms with E-state index in [2.05, 4.69) is 0 Å². The van der Waals surface area contributed by atoms with Crippen LogP contribution >= 0.6 is 0 Å². The van der Waals surface area contributed by atoms with Gasteiger partial charge in [-0.05, 0) is 37.3 Å². The summed E-state index contributed by atoms with van der Waals surface area (Å²) in [5.41, 5.74) is 1.81. The Labute approximate surface area is 134 Å². The number of amides is 2. The molecule has 1 saturated heterocycles. The molecule has 0 unspecified atom stereocenters. The number of nitrogens with zero attached hydrogens (tertiary/aromatic N) is 2. The van der Waals surface area contributed by atoms with E-state index in [1.54, 1.807) is 0 Å². The van der Waals surface area contributed by atoms with Gasteiger partial charge in [0.1, 0.15) is 12.6 Å². The van der Waals surface area contributed by atoms with E-state index in [-0.39, 0.29) is 18.4 Å². The molecule has 0 saturated carbocycles. The molecule has 3 rings (SSSR count). The lowest BCUT2D eigenvalue weighted by molar-refractivity contribution is -0.151. The van der Waals surface area contributed by atoms with E-state index in [9.17, 15) is 19.5 Å². The number of carboxylic acid groups (broad SMARTS) is 1.